The molecule has 3 saturated carbocycles. The summed E-state index contributed by atoms with van der Waals surface area (Å²) in [6.45, 7) is 0. The Labute approximate surface area is 187 Å². The van der Waals surface area contributed by atoms with E-state index in [1.54, 1.807) is 36.4 Å². The summed E-state index contributed by atoms with van der Waals surface area (Å²) in [6.07, 6.45) is 3.37. The quantitative estimate of drug-likeness (QED) is 0.620. The van der Waals surface area contributed by atoms with Crippen LogP contribution in [0.15, 0.2) is 48.5 Å². The highest BCUT2D eigenvalue weighted by Gasteiger charge is 2.59. The van der Waals surface area contributed by atoms with Crippen LogP contribution in [-0.4, -0.2) is 38.4 Å². The van der Waals surface area contributed by atoms with Crippen molar-refractivity contribution in [3.05, 3.63) is 59.7 Å². The number of para-hydroxylation sites is 2. The summed E-state index contributed by atoms with van der Waals surface area (Å²) < 4.78 is 22.7. The Morgan fingerprint density at radius 1 is 0.750 bits per heavy atom. The molecule has 0 radical (unpaired) electrons. The van der Waals surface area contributed by atoms with Crippen molar-refractivity contribution in [3.63, 3.8) is 0 Å². The normalized spacial score (nSPS) is 29.9. The standard InChI is InChI=1S/C26H28O6/c1-29-20-9-5-3-7-17(20)25(27)31-22-14-19-15-11-12-16(13-15)23(19)24(22)32-26(28)18-8-4-6-10-21(18)30-2/h3-10,15-16,19,22-24H,11-14H2,1-2H3. The second-order valence-corrected chi connectivity index (χ2v) is 9.02. The second kappa shape index (κ2) is 8.49. The Morgan fingerprint density at radius 2 is 1.31 bits per heavy atom. The van der Waals surface area contributed by atoms with Gasteiger partial charge in [-0.2, -0.15) is 0 Å². The summed E-state index contributed by atoms with van der Waals surface area (Å²) in [7, 11) is 3.06. The fraction of sp³-hybridized carbons (Fsp3) is 0.462. The lowest BCUT2D eigenvalue weighted by atomic mass is 9.81. The molecule has 3 aliphatic rings. The fourth-order valence-electron chi connectivity index (χ4n) is 6.25. The highest BCUT2D eigenvalue weighted by Crippen LogP contribution is 2.60. The van der Waals surface area contributed by atoms with E-state index in [4.69, 9.17) is 18.9 Å². The van der Waals surface area contributed by atoms with Crippen LogP contribution in [0.4, 0.5) is 0 Å². The Morgan fingerprint density at radius 3 is 1.94 bits per heavy atom. The molecule has 2 aromatic rings. The summed E-state index contributed by atoms with van der Waals surface area (Å²) in [5, 5.41) is 0. The highest BCUT2D eigenvalue weighted by atomic mass is 16.6. The van der Waals surface area contributed by atoms with Gasteiger partial charge in [0.15, 0.2) is 0 Å². The molecule has 0 aromatic heterocycles. The van der Waals surface area contributed by atoms with E-state index in [0.29, 0.717) is 40.4 Å². The van der Waals surface area contributed by atoms with E-state index in [9.17, 15) is 9.59 Å². The van der Waals surface area contributed by atoms with E-state index in [1.807, 2.05) is 12.1 Å². The fourth-order valence-corrected chi connectivity index (χ4v) is 6.25. The number of carbonyl (C=O) groups excluding carboxylic acids is 2. The zero-order valence-electron chi connectivity index (χ0n) is 18.4. The monoisotopic (exact) mass is 436 g/mol. The van der Waals surface area contributed by atoms with Crippen LogP contribution in [0.5, 0.6) is 11.5 Å². The second-order valence-electron chi connectivity index (χ2n) is 9.02. The zero-order valence-corrected chi connectivity index (χ0v) is 18.4. The molecule has 3 fully saturated rings. The lowest BCUT2D eigenvalue weighted by molar-refractivity contribution is -0.0419. The summed E-state index contributed by atoms with van der Waals surface area (Å²) in [5.41, 5.74) is 0.765. The van der Waals surface area contributed by atoms with Crippen LogP contribution in [0.2, 0.25) is 0 Å². The van der Waals surface area contributed by atoms with Gasteiger partial charge in [-0.1, -0.05) is 24.3 Å². The van der Waals surface area contributed by atoms with Gasteiger partial charge in [0, 0.05) is 5.92 Å². The van der Waals surface area contributed by atoms with Gasteiger partial charge in [-0.25, -0.2) is 9.59 Å². The zero-order chi connectivity index (χ0) is 22.2. The molecule has 6 heteroatoms. The van der Waals surface area contributed by atoms with Crippen LogP contribution in [0.3, 0.4) is 0 Å². The van der Waals surface area contributed by atoms with E-state index in [0.717, 1.165) is 12.8 Å². The van der Waals surface area contributed by atoms with Crippen molar-refractivity contribution in [2.75, 3.05) is 14.2 Å². The lowest BCUT2D eigenvalue weighted by Gasteiger charge is -2.29. The number of methoxy groups -OCH3 is 2. The van der Waals surface area contributed by atoms with Gasteiger partial charge in [-0.05, 0) is 67.7 Å². The smallest absolute Gasteiger partial charge is 0.342 e. The van der Waals surface area contributed by atoms with Gasteiger partial charge < -0.3 is 18.9 Å². The van der Waals surface area contributed by atoms with Crippen molar-refractivity contribution < 1.29 is 28.5 Å². The number of hydrogen-bond donors (Lipinski definition) is 0. The first-order chi connectivity index (χ1) is 15.6. The van der Waals surface area contributed by atoms with Crippen LogP contribution >= 0.6 is 0 Å². The molecule has 6 atom stereocenters. The molecular weight excluding hydrogens is 408 g/mol. The van der Waals surface area contributed by atoms with Crippen molar-refractivity contribution in [2.45, 2.75) is 37.9 Å². The third-order valence-corrected chi connectivity index (χ3v) is 7.56. The van der Waals surface area contributed by atoms with Gasteiger partial charge in [0.1, 0.15) is 34.8 Å². The molecule has 0 amide bonds. The van der Waals surface area contributed by atoms with Crippen molar-refractivity contribution >= 4 is 11.9 Å². The predicted octanol–water partition coefficient (Wildman–Crippen LogP) is 4.52. The maximum absolute atomic E-state index is 13.1. The summed E-state index contributed by atoms with van der Waals surface area (Å²) >= 11 is 0. The van der Waals surface area contributed by atoms with E-state index >= 15 is 0 Å². The van der Waals surface area contributed by atoms with Crippen LogP contribution in [0.25, 0.3) is 0 Å². The lowest BCUT2D eigenvalue weighted by Crippen LogP contribution is -2.37. The molecular formula is C26H28O6. The molecule has 0 spiro atoms. The Kier molecular flexibility index (Phi) is 5.53. The molecule has 6 nitrogen and oxygen atoms in total. The molecule has 6 unspecified atom stereocenters. The average molecular weight is 437 g/mol. The van der Waals surface area contributed by atoms with Gasteiger partial charge in [0.05, 0.1) is 14.2 Å². The van der Waals surface area contributed by atoms with Gasteiger partial charge in [0.25, 0.3) is 0 Å². The largest absolute Gasteiger partial charge is 0.496 e. The molecule has 0 aliphatic heterocycles. The van der Waals surface area contributed by atoms with Crippen LogP contribution in [-0.2, 0) is 9.47 Å². The van der Waals surface area contributed by atoms with Crippen molar-refractivity contribution in [1.29, 1.82) is 0 Å². The number of ether oxygens (including phenoxy) is 4. The molecule has 0 saturated heterocycles. The summed E-state index contributed by atoms with van der Waals surface area (Å²) in [6, 6.07) is 14.1. The van der Waals surface area contributed by atoms with E-state index in [2.05, 4.69) is 0 Å². The van der Waals surface area contributed by atoms with E-state index in [-0.39, 0.29) is 5.92 Å². The molecule has 32 heavy (non-hydrogen) atoms. The van der Waals surface area contributed by atoms with Crippen LogP contribution in [0, 0.1) is 23.7 Å². The topological polar surface area (TPSA) is 71.1 Å². The van der Waals surface area contributed by atoms with Gasteiger partial charge in [0.2, 0.25) is 0 Å². The first-order valence-electron chi connectivity index (χ1n) is 11.3. The molecule has 0 N–H and O–H groups in total. The van der Waals surface area contributed by atoms with Gasteiger partial charge in [-0.3, -0.25) is 0 Å². The molecule has 5 rings (SSSR count). The Bertz CT molecular complexity index is 1020. The predicted molar refractivity (Wildman–Crippen MR) is 117 cm³/mol. The van der Waals surface area contributed by atoms with Crippen molar-refractivity contribution in [3.8, 4) is 11.5 Å². The van der Waals surface area contributed by atoms with Gasteiger partial charge >= 0.3 is 11.9 Å². The van der Waals surface area contributed by atoms with Crippen molar-refractivity contribution in [2.24, 2.45) is 23.7 Å². The Hall–Kier alpha value is -3.02. The van der Waals surface area contributed by atoms with Crippen molar-refractivity contribution in [1.82, 2.24) is 0 Å². The number of fused-ring (bicyclic) bond motifs is 5. The molecule has 168 valence electrons. The minimum Gasteiger partial charge on any atom is -0.496 e. The minimum absolute atomic E-state index is 0.239. The molecule has 2 bridgehead atoms. The van der Waals surface area contributed by atoms with E-state index < -0.39 is 24.1 Å². The maximum Gasteiger partial charge on any atom is 0.342 e. The minimum atomic E-state index is -0.468. The highest BCUT2D eigenvalue weighted by molar-refractivity contribution is 5.93. The molecule has 0 heterocycles. The first kappa shape index (κ1) is 20.9. The summed E-state index contributed by atoms with van der Waals surface area (Å²) in [5.74, 6) is 1.89. The van der Waals surface area contributed by atoms with Gasteiger partial charge in [-0.15, -0.1) is 0 Å². The number of rotatable bonds is 6. The van der Waals surface area contributed by atoms with Crippen LogP contribution < -0.4 is 9.47 Å². The third kappa shape index (κ3) is 3.51. The maximum atomic E-state index is 13.1. The average Bonchev–Trinajstić information content (AvgIpc) is 3.53. The third-order valence-electron chi connectivity index (χ3n) is 7.56. The first-order valence-corrected chi connectivity index (χ1v) is 11.3. The summed E-state index contributed by atoms with van der Waals surface area (Å²) in [4.78, 5) is 26.1. The van der Waals surface area contributed by atoms with Crippen LogP contribution in [0.1, 0.15) is 46.4 Å². The number of benzene rings is 2. The molecule has 3 aliphatic carbocycles. The SMILES string of the molecule is COc1ccccc1C(=O)OC1CC2C3CCC(C3)C2C1OC(=O)c1ccccc1OC. The number of hydrogen-bond acceptors (Lipinski definition) is 6. The number of carbonyl (C=O) groups is 2. The van der Waals surface area contributed by atoms with E-state index in [1.165, 1.54) is 27.1 Å². The number of esters is 2. The Balaban J connectivity index is 1.40. The molecule has 2 aromatic carbocycles.